The zero-order valence-electron chi connectivity index (χ0n) is 3.45. The Hall–Kier alpha value is 1.43. The molecule has 0 aromatic heterocycles. The number of hydrogen-bond acceptors (Lipinski definition) is 1. The fourth-order valence-corrected chi connectivity index (χ4v) is 0. The summed E-state index contributed by atoms with van der Waals surface area (Å²) in [5.41, 5.74) is 0. The molecule has 1 nitrogen and oxygen atoms in total. The second kappa shape index (κ2) is 2.65. The molecular formula is C2H7NRa. The van der Waals surface area contributed by atoms with Gasteiger partial charge in [0.15, 0.2) is 0 Å². The van der Waals surface area contributed by atoms with Crippen LogP contribution in [0.1, 0.15) is 0 Å². The molecule has 0 rings (SSSR count). The van der Waals surface area contributed by atoms with Gasteiger partial charge in [0.2, 0.25) is 0 Å². The number of nitrogens with zero attached hydrogens (tertiary/aromatic N) is 1. The van der Waals surface area contributed by atoms with Gasteiger partial charge in [-0.05, 0) is 0 Å². The van der Waals surface area contributed by atoms with Gasteiger partial charge in [-0.3, -0.25) is 0 Å². The van der Waals surface area contributed by atoms with Gasteiger partial charge in [0, 0.05) is 0 Å². The Labute approximate surface area is 56.9 Å². The van der Waals surface area contributed by atoms with Crippen LogP contribution < -0.4 is 0 Å². The van der Waals surface area contributed by atoms with E-state index in [-0.39, 0.29) is 0 Å². The van der Waals surface area contributed by atoms with Crippen molar-refractivity contribution in [3.05, 3.63) is 0 Å². The second-order valence-corrected chi connectivity index (χ2v) is 8.69. The van der Waals surface area contributed by atoms with E-state index in [1.807, 2.05) is 0 Å². The van der Waals surface area contributed by atoms with Gasteiger partial charge in [-0.15, -0.1) is 0 Å². The molecule has 0 aromatic carbocycles. The average Bonchev–Trinajstić information content (AvgIpc) is 0.811. The monoisotopic (exact) mass is 271 g/mol. The van der Waals surface area contributed by atoms with Gasteiger partial charge in [-0.25, -0.2) is 0 Å². The molecule has 0 atom stereocenters. The summed E-state index contributed by atoms with van der Waals surface area (Å²) in [6, 6.07) is 0. The molecule has 0 aliphatic rings. The quantitative estimate of drug-likeness (QED) is 0.587. The summed E-state index contributed by atoms with van der Waals surface area (Å²) in [7, 11) is 4.20. The van der Waals surface area contributed by atoms with Gasteiger partial charge in [-0.2, -0.15) is 0 Å². The van der Waals surface area contributed by atoms with Crippen molar-refractivity contribution in [2.45, 2.75) is 0 Å². The number of hydrogen-bond donors (Lipinski definition) is 0. The van der Waals surface area contributed by atoms with E-state index in [1.165, 1.54) is 0 Å². The van der Waals surface area contributed by atoms with Crippen LogP contribution in [0.3, 0.4) is 0 Å². The van der Waals surface area contributed by atoms with Crippen LogP contribution in [-0.2, 0) is 0 Å². The van der Waals surface area contributed by atoms with E-state index >= 15 is 0 Å². The summed E-state index contributed by atoms with van der Waals surface area (Å²) in [4.78, 5) is 0. The Bertz CT molecular complexity index is 10.8. The van der Waals surface area contributed by atoms with Crippen LogP contribution in [-0.4, -0.2) is 14.5 Å². The topological polar surface area (TPSA) is 3.24 Å². The van der Waals surface area contributed by atoms with Gasteiger partial charge in [0.25, 0.3) is 0 Å². The van der Waals surface area contributed by atoms with Gasteiger partial charge < -0.3 is 0 Å². The summed E-state index contributed by atoms with van der Waals surface area (Å²) in [6.45, 7) is 0. The van der Waals surface area contributed by atoms with E-state index in [4.69, 9.17) is 0 Å². The second-order valence-electron chi connectivity index (χ2n) is 1.34. The zero-order chi connectivity index (χ0) is 3.58. The predicted octanol–water partition coefficient (Wildman–Crippen LogP) is -0.255. The summed E-state index contributed by atoms with van der Waals surface area (Å²) < 4.78 is 2.23. The fourth-order valence-electron chi connectivity index (χ4n) is 0. The van der Waals surface area contributed by atoms with Crippen molar-refractivity contribution in [2.75, 3.05) is 14.1 Å². The van der Waals surface area contributed by atoms with Crippen LogP contribution in [0.15, 0.2) is 0 Å². The maximum absolute atomic E-state index is 2.23. The fraction of sp³-hybridized carbons (Fsp3) is 1.00. The molecule has 0 radical (unpaired) electrons. The first-order valence-electron chi connectivity index (χ1n) is 1.34. The molecule has 0 amide bonds. The van der Waals surface area contributed by atoms with Crippen LogP contribution in [0.4, 0.5) is 0 Å². The van der Waals surface area contributed by atoms with Crippen molar-refractivity contribution in [3.63, 3.8) is 0 Å². The molecule has 0 aliphatic heterocycles. The zero-order valence-corrected chi connectivity index (χ0v) is 11.7. The van der Waals surface area contributed by atoms with E-state index < -0.39 is 0 Å². The van der Waals surface area contributed by atoms with Crippen LogP contribution in [0.5, 0.6) is 0 Å². The molecule has 0 aliphatic carbocycles. The minimum atomic E-state index is 0.648. The molecule has 4 heavy (non-hydrogen) atoms. The van der Waals surface area contributed by atoms with Gasteiger partial charge in [0.1, 0.15) is 0 Å². The Morgan fingerprint density at radius 3 is 1.50 bits per heavy atom. The third kappa shape index (κ3) is 9.91. The normalized spacial score (nSPS) is 8.50. The minimum absolute atomic E-state index is 0.648. The van der Waals surface area contributed by atoms with Crippen molar-refractivity contribution in [3.8, 4) is 0 Å². The van der Waals surface area contributed by atoms with E-state index in [1.54, 1.807) is 0 Å². The molecule has 0 N–H and O–H groups in total. The average molecular weight is 271 g/mol. The Morgan fingerprint density at radius 1 is 1.50 bits per heavy atom. The molecule has 0 saturated carbocycles. The molecule has 2 heteroatoms. The SMILES string of the molecule is C[N](C)[RaH]. The van der Waals surface area contributed by atoms with E-state index in [0.29, 0.717) is 43.2 Å². The number of rotatable bonds is 0. The first-order chi connectivity index (χ1) is 1.73. The third-order valence-corrected chi connectivity index (χ3v) is 0. The Kier molecular flexibility index (Phi) is 3.60. The van der Waals surface area contributed by atoms with E-state index in [0.717, 1.165) is 0 Å². The van der Waals surface area contributed by atoms with Gasteiger partial charge >= 0.3 is 57.7 Å². The van der Waals surface area contributed by atoms with E-state index in [9.17, 15) is 0 Å². The molecular weight excluding hydrogens is 264 g/mol. The van der Waals surface area contributed by atoms with Crippen LogP contribution in [0.25, 0.3) is 0 Å². The van der Waals surface area contributed by atoms with Crippen LogP contribution in [0, 0.1) is 43.2 Å². The summed E-state index contributed by atoms with van der Waals surface area (Å²) in [5.74, 6) is 0. The van der Waals surface area contributed by atoms with Gasteiger partial charge in [0.05, 0.1) is 0 Å². The molecule has 0 bridgehead atoms. The standard InChI is InChI=1S/C2H6N.Ra.H/c1-3-2;;/h1-2H3;;/q-1;+1;. The van der Waals surface area contributed by atoms with Crippen molar-refractivity contribution < 1.29 is 43.2 Å². The third-order valence-electron chi connectivity index (χ3n) is 0. The molecule has 0 aromatic rings. The van der Waals surface area contributed by atoms with Crippen molar-refractivity contribution in [1.82, 2.24) is 0.431 Å². The Morgan fingerprint density at radius 2 is 1.50 bits per heavy atom. The molecule has 22 valence electrons. The summed E-state index contributed by atoms with van der Waals surface area (Å²) in [6.07, 6.45) is 0. The molecule has 0 unspecified atom stereocenters. The predicted molar refractivity (Wildman–Crippen MR) is 15.1 cm³/mol. The van der Waals surface area contributed by atoms with Crippen molar-refractivity contribution >= 4 is 0 Å². The van der Waals surface area contributed by atoms with Gasteiger partial charge in [-0.1, -0.05) is 0 Å². The molecule has 0 spiro atoms. The maximum atomic E-state index is 2.23. The van der Waals surface area contributed by atoms with Crippen molar-refractivity contribution in [2.24, 2.45) is 0 Å². The first kappa shape index (κ1) is 5.43. The Balaban J connectivity index is 2.32. The molecule has 0 saturated heterocycles. The van der Waals surface area contributed by atoms with Crippen molar-refractivity contribution in [1.29, 1.82) is 0 Å². The van der Waals surface area contributed by atoms with E-state index in [2.05, 4.69) is 14.5 Å². The summed E-state index contributed by atoms with van der Waals surface area (Å²) in [5, 5.41) is 0. The summed E-state index contributed by atoms with van der Waals surface area (Å²) >= 11 is 0.648. The molecule has 0 heterocycles. The first-order valence-corrected chi connectivity index (χ1v) is 5.02. The molecule has 0 fully saturated rings. The van der Waals surface area contributed by atoms with Crippen LogP contribution >= 0.6 is 0 Å². The van der Waals surface area contributed by atoms with Crippen LogP contribution in [0.2, 0.25) is 0 Å².